The van der Waals surface area contributed by atoms with Gasteiger partial charge in [0, 0.05) is 31.9 Å². The number of rotatable bonds is 5. The third-order valence-electron chi connectivity index (χ3n) is 4.16. The highest BCUT2D eigenvalue weighted by Crippen LogP contribution is 2.30. The van der Waals surface area contributed by atoms with E-state index in [1.807, 2.05) is 13.0 Å². The van der Waals surface area contributed by atoms with Crippen LogP contribution < -0.4 is 5.32 Å². The van der Waals surface area contributed by atoms with E-state index >= 15 is 0 Å². The van der Waals surface area contributed by atoms with Crippen molar-refractivity contribution < 1.29 is 9.90 Å². The van der Waals surface area contributed by atoms with Crippen LogP contribution >= 0.6 is 0 Å². The number of hydrogen-bond acceptors (Lipinski definition) is 4. The lowest BCUT2D eigenvalue weighted by Crippen LogP contribution is -2.42. The van der Waals surface area contributed by atoms with Gasteiger partial charge >= 0.3 is 0 Å². The summed E-state index contributed by atoms with van der Waals surface area (Å²) in [6.07, 6.45) is 4.42. The predicted octanol–water partition coefficient (Wildman–Crippen LogP) is 2.06. The van der Waals surface area contributed by atoms with Crippen LogP contribution in [0.2, 0.25) is 0 Å². The number of carbonyl (C=O) groups is 1. The fourth-order valence-electron chi connectivity index (χ4n) is 2.95. The van der Waals surface area contributed by atoms with Crippen LogP contribution in [0.5, 0.6) is 0 Å². The molecule has 0 aromatic carbocycles. The zero-order chi connectivity index (χ0) is 15.5. The smallest absolute Gasteiger partial charge is 0.253 e. The van der Waals surface area contributed by atoms with Crippen LogP contribution in [0.4, 0.5) is 5.82 Å². The van der Waals surface area contributed by atoms with Gasteiger partial charge in [0.05, 0.1) is 5.60 Å². The first-order chi connectivity index (χ1) is 9.97. The third kappa shape index (κ3) is 3.73. The molecule has 1 aliphatic carbocycles. The fraction of sp³-hybridized carbons (Fsp3) is 0.625. The zero-order valence-corrected chi connectivity index (χ0v) is 13.1. The zero-order valence-electron chi connectivity index (χ0n) is 13.1. The summed E-state index contributed by atoms with van der Waals surface area (Å²) in [5.41, 5.74) is 0.796. The first-order valence-corrected chi connectivity index (χ1v) is 7.64. The summed E-state index contributed by atoms with van der Waals surface area (Å²) in [7, 11) is 3.55. The Hall–Kier alpha value is -1.62. The van der Waals surface area contributed by atoms with Gasteiger partial charge in [-0.2, -0.15) is 0 Å². The number of likely N-dealkylation sites (N-methyl/N-ethyl adjacent to an activating group) is 1. The number of pyridine rings is 1. The lowest BCUT2D eigenvalue weighted by atomic mass is 10.0. The number of aryl methyl sites for hydroxylation is 1. The molecule has 0 atom stereocenters. The van der Waals surface area contributed by atoms with E-state index < -0.39 is 5.60 Å². The maximum absolute atomic E-state index is 12.6. The van der Waals surface area contributed by atoms with Crippen molar-refractivity contribution in [3.63, 3.8) is 0 Å². The molecule has 0 spiro atoms. The molecule has 5 nitrogen and oxygen atoms in total. The maximum atomic E-state index is 12.6. The predicted molar refractivity (Wildman–Crippen MR) is 83.5 cm³/mol. The lowest BCUT2D eigenvalue weighted by molar-refractivity contribution is 0.0157. The van der Waals surface area contributed by atoms with Crippen molar-refractivity contribution in [1.29, 1.82) is 0 Å². The number of hydrogen-bond donors (Lipinski definition) is 2. The Bertz CT molecular complexity index is 488. The number of aromatic nitrogens is 1. The molecule has 2 rings (SSSR count). The van der Waals surface area contributed by atoms with Gasteiger partial charge in [-0.05, 0) is 31.4 Å². The summed E-state index contributed by atoms with van der Waals surface area (Å²) in [6.45, 7) is 2.41. The molecule has 0 radical (unpaired) electrons. The van der Waals surface area contributed by atoms with E-state index in [0.717, 1.165) is 37.8 Å². The quantitative estimate of drug-likeness (QED) is 0.871. The summed E-state index contributed by atoms with van der Waals surface area (Å²) in [5.74, 6) is 0.634. The Morgan fingerprint density at radius 2 is 2.10 bits per heavy atom. The number of anilines is 1. The molecule has 0 saturated heterocycles. The Morgan fingerprint density at radius 1 is 1.43 bits per heavy atom. The first kappa shape index (κ1) is 15.8. The van der Waals surface area contributed by atoms with E-state index in [1.54, 1.807) is 25.1 Å². The minimum absolute atomic E-state index is 0.0658. The van der Waals surface area contributed by atoms with Crippen LogP contribution in [0, 0.1) is 0 Å². The molecule has 0 unspecified atom stereocenters. The van der Waals surface area contributed by atoms with Crippen LogP contribution in [0.25, 0.3) is 0 Å². The Kier molecular flexibility index (Phi) is 4.83. The number of aliphatic hydroxyl groups is 1. The van der Waals surface area contributed by atoms with Crippen molar-refractivity contribution in [3.8, 4) is 0 Å². The van der Waals surface area contributed by atoms with Crippen molar-refractivity contribution in [2.45, 2.75) is 44.6 Å². The van der Waals surface area contributed by atoms with Gasteiger partial charge in [0.1, 0.15) is 5.82 Å². The molecule has 5 heteroatoms. The van der Waals surface area contributed by atoms with Crippen LogP contribution in [0.1, 0.15) is 48.7 Å². The first-order valence-electron chi connectivity index (χ1n) is 7.64. The molecule has 1 aromatic heterocycles. The van der Waals surface area contributed by atoms with Crippen LogP contribution in [-0.4, -0.2) is 47.1 Å². The summed E-state index contributed by atoms with van der Waals surface area (Å²) >= 11 is 0. The average molecular weight is 291 g/mol. The van der Waals surface area contributed by atoms with Gasteiger partial charge < -0.3 is 15.3 Å². The molecular weight excluding hydrogens is 266 g/mol. The van der Waals surface area contributed by atoms with Gasteiger partial charge in [-0.3, -0.25) is 4.79 Å². The average Bonchev–Trinajstić information content (AvgIpc) is 2.91. The molecule has 1 heterocycles. The summed E-state index contributed by atoms with van der Waals surface area (Å²) in [4.78, 5) is 18.6. The van der Waals surface area contributed by atoms with Crippen LogP contribution in [0.15, 0.2) is 12.1 Å². The van der Waals surface area contributed by atoms with Crippen LogP contribution in [-0.2, 0) is 6.42 Å². The number of nitrogens with one attached hydrogen (secondary N) is 1. The van der Waals surface area contributed by atoms with Crippen molar-refractivity contribution in [1.82, 2.24) is 9.88 Å². The van der Waals surface area contributed by atoms with E-state index in [-0.39, 0.29) is 5.91 Å². The second kappa shape index (κ2) is 6.43. The van der Waals surface area contributed by atoms with Gasteiger partial charge in [0.15, 0.2) is 0 Å². The second-order valence-electron chi connectivity index (χ2n) is 5.93. The van der Waals surface area contributed by atoms with E-state index in [9.17, 15) is 9.90 Å². The lowest BCUT2D eigenvalue weighted by Gasteiger charge is -2.28. The molecule has 2 N–H and O–H groups in total. The molecule has 21 heavy (non-hydrogen) atoms. The molecule has 1 saturated carbocycles. The van der Waals surface area contributed by atoms with Crippen molar-refractivity contribution in [2.24, 2.45) is 0 Å². The van der Waals surface area contributed by atoms with E-state index in [0.29, 0.717) is 17.9 Å². The molecule has 1 aromatic rings. The topological polar surface area (TPSA) is 65.5 Å². The van der Waals surface area contributed by atoms with Gasteiger partial charge in [-0.25, -0.2) is 4.98 Å². The molecule has 1 fully saturated rings. The fourth-order valence-corrected chi connectivity index (χ4v) is 2.95. The number of amides is 1. The van der Waals surface area contributed by atoms with E-state index in [2.05, 4.69) is 10.3 Å². The Balaban J connectivity index is 2.14. The van der Waals surface area contributed by atoms with Gasteiger partial charge in [-0.1, -0.05) is 19.8 Å². The normalized spacial score (nSPS) is 16.8. The maximum Gasteiger partial charge on any atom is 0.253 e. The van der Waals surface area contributed by atoms with E-state index in [4.69, 9.17) is 0 Å². The van der Waals surface area contributed by atoms with Crippen molar-refractivity contribution in [3.05, 3.63) is 23.4 Å². The standard InChI is InChI=1S/C16H25N3O2/c1-4-13-9-12(10-14(17-2)18-13)15(20)19(3)11-16(21)7-5-6-8-16/h9-10,21H,4-8,11H2,1-3H3,(H,17,18). The number of carbonyl (C=O) groups excluding carboxylic acids is 1. The third-order valence-corrected chi connectivity index (χ3v) is 4.16. The number of nitrogens with zero attached hydrogens (tertiary/aromatic N) is 2. The van der Waals surface area contributed by atoms with Gasteiger partial charge in [-0.15, -0.1) is 0 Å². The molecule has 1 amide bonds. The molecular formula is C16H25N3O2. The highest BCUT2D eigenvalue weighted by Gasteiger charge is 2.33. The molecule has 1 aliphatic rings. The monoisotopic (exact) mass is 291 g/mol. The minimum atomic E-state index is -0.711. The highest BCUT2D eigenvalue weighted by molar-refractivity contribution is 5.95. The van der Waals surface area contributed by atoms with E-state index in [1.165, 1.54) is 0 Å². The molecule has 0 bridgehead atoms. The highest BCUT2D eigenvalue weighted by atomic mass is 16.3. The van der Waals surface area contributed by atoms with Crippen molar-refractivity contribution in [2.75, 3.05) is 26.0 Å². The molecule has 0 aliphatic heterocycles. The second-order valence-corrected chi connectivity index (χ2v) is 5.93. The summed E-state index contributed by atoms with van der Waals surface area (Å²) < 4.78 is 0. The summed E-state index contributed by atoms with van der Waals surface area (Å²) in [6, 6.07) is 3.59. The van der Waals surface area contributed by atoms with Gasteiger partial charge in [0.2, 0.25) is 0 Å². The molecule has 116 valence electrons. The van der Waals surface area contributed by atoms with Crippen LogP contribution in [0.3, 0.4) is 0 Å². The SMILES string of the molecule is CCc1cc(C(=O)N(C)CC2(O)CCCC2)cc(NC)n1. The minimum Gasteiger partial charge on any atom is -0.388 e. The Morgan fingerprint density at radius 3 is 2.67 bits per heavy atom. The summed E-state index contributed by atoms with van der Waals surface area (Å²) in [5, 5.41) is 13.4. The Labute approximate surface area is 126 Å². The van der Waals surface area contributed by atoms with Crippen molar-refractivity contribution >= 4 is 11.7 Å². The van der Waals surface area contributed by atoms with Gasteiger partial charge in [0.25, 0.3) is 5.91 Å². The largest absolute Gasteiger partial charge is 0.388 e.